The average Bonchev–Trinajstić information content (AvgIpc) is 2.83. The lowest BCUT2D eigenvalue weighted by Crippen LogP contribution is -2.47. The van der Waals surface area contributed by atoms with E-state index in [0.29, 0.717) is 15.6 Å². The number of alkyl carbamates (subject to hydrolysis) is 1. The second-order valence-electron chi connectivity index (χ2n) is 9.58. The van der Waals surface area contributed by atoms with Gasteiger partial charge in [0.1, 0.15) is 16.9 Å². The van der Waals surface area contributed by atoms with Crippen molar-refractivity contribution in [1.82, 2.24) is 9.62 Å². The minimum Gasteiger partial charge on any atom is -0.480 e. The molecule has 0 aromatic heterocycles. The van der Waals surface area contributed by atoms with Gasteiger partial charge in [-0.25, -0.2) is 9.59 Å². The number of carbonyl (C=O) groups is 3. The summed E-state index contributed by atoms with van der Waals surface area (Å²) < 4.78 is 6.93. The smallest absolute Gasteiger partial charge is 0.408 e. The van der Waals surface area contributed by atoms with E-state index in [2.05, 4.69) is 21.2 Å². The van der Waals surface area contributed by atoms with Crippen LogP contribution in [0.5, 0.6) is 0 Å². The zero-order valence-corrected chi connectivity index (χ0v) is 21.2. The van der Waals surface area contributed by atoms with Crippen molar-refractivity contribution in [2.45, 2.75) is 76.2 Å². The van der Waals surface area contributed by atoms with Crippen LogP contribution in [0, 0.1) is 0 Å². The van der Waals surface area contributed by atoms with E-state index >= 15 is 0 Å². The number of carboxylic acid groups (broad SMARTS) is 1. The van der Waals surface area contributed by atoms with E-state index in [9.17, 15) is 29.7 Å². The van der Waals surface area contributed by atoms with Gasteiger partial charge in [-0.1, -0.05) is 28.1 Å². The maximum absolute atomic E-state index is 12.5. The van der Waals surface area contributed by atoms with Crippen LogP contribution in [0.4, 0.5) is 4.79 Å². The Morgan fingerprint density at radius 3 is 2.28 bits per heavy atom. The number of amides is 2. The second-order valence-corrected chi connectivity index (χ2v) is 11.5. The fraction of sp³-hybridized carbons (Fsp3) is 0.571. The standard InChI is InChI=1S/C21H29BrN2O7S/c1-19(2,3)24-17(27)21(29,30)15(32-24)12-8-7-11(9-13(12)22)10-14(16(25)26)23-18(28)31-20(4,5)6/h7-9,14-15,29-30H,10H2,1-6H3,(H,23,28)(H,25,26)/t14-,15?/m0/s1. The van der Waals surface area contributed by atoms with Crippen LogP contribution in [-0.2, 0) is 20.7 Å². The summed E-state index contributed by atoms with van der Waals surface area (Å²) in [5.41, 5.74) is -0.346. The first-order valence-corrected chi connectivity index (χ1v) is 11.5. The average molecular weight is 533 g/mol. The molecule has 2 rings (SSSR count). The van der Waals surface area contributed by atoms with Crippen molar-refractivity contribution in [3.05, 3.63) is 33.8 Å². The van der Waals surface area contributed by atoms with E-state index in [1.54, 1.807) is 59.7 Å². The highest BCUT2D eigenvalue weighted by molar-refractivity contribution is 9.10. The lowest BCUT2D eigenvalue weighted by molar-refractivity contribution is -0.188. The highest BCUT2D eigenvalue weighted by Crippen LogP contribution is 2.51. The summed E-state index contributed by atoms with van der Waals surface area (Å²) in [6, 6.07) is 3.62. The lowest BCUT2D eigenvalue weighted by atomic mass is 9.99. The summed E-state index contributed by atoms with van der Waals surface area (Å²) >= 11 is 4.42. The van der Waals surface area contributed by atoms with E-state index in [4.69, 9.17) is 4.74 Å². The number of hydrogen-bond donors (Lipinski definition) is 4. The maximum Gasteiger partial charge on any atom is 0.408 e. The monoisotopic (exact) mass is 532 g/mol. The van der Waals surface area contributed by atoms with Gasteiger partial charge in [0.2, 0.25) is 0 Å². The molecular weight excluding hydrogens is 504 g/mol. The Morgan fingerprint density at radius 1 is 1.25 bits per heavy atom. The van der Waals surface area contributed by atoms with Crippen molar-refractivity contribution in [3.8, 4) is 0 Å². The maximum atomic E-state index is 12.5. The number of nitrogens with zero attached hydrogens (tertiary/aromatic N) is 1. The van der Waals surface area contributed by atoms with Gasteiger partial charge in [-0.05, 0) is 70.7 Å². The molecule has 1 unspecified atom stereocenters. The molecule has 1 saturated heterocycles. The third-order valence-corrected chi connectivity index (χ3v) is 6.87. The normalized spacial score (nSPS) is 19.6. The quantitative estimate of drug-likeness (QED) is 0.335. The van der Waals surface area contributed by atoms with Crippen LogP contribution in [0.25, 0.3) is 0 Å². The SMILES string of the molecule is CC(C)(C)OC(=O)N[C@@H](Cc1ccc(C2SN(C(C)(C)C)C(=O)C2(O)O)c(Br)c1)C(=O)O. The Labute approximate surface area is 199 Å². The molecule has 1 aromatic rings. The number of hydrogen-bond acceptors (Lipinski definition) is 7. The van der Waals surface area contributed by atoms with Gasteiger partial charge in [-0.3, -0.25) is 9.10 Å². The molecule has 1 heterocycles. The number of ether oxygens (including phenoxy) is 1. The molecule has 178 valence electrons. The summed E-state index contributed by atoms with van der Waals surface area (Å²) in [4.78, 5) is 36.1. The van der Waals surface area contributed by atoms with E-state index in [-0.39, 0.29) is 6.42 Å². The molecule has 0 radical (unpaired) electrons. The first kappa shape index (κ1) is 26.4. The van der Waals surface area contributed by atoms with Crippen LogP contribution >= 0.6 is 27.9 Å². The summed E-state index contributed by atoms with van der Waals surface area (Å²) in [5, 5.41) is 31.8. The topological polar surface area (TPSA) is 136 Å². The summed E-state index contributed by atoms with van der Waals surface area (Å²) in [6.45, 7) is 10.4. The van der Waals surface area contributed by atoms with Gasteiger partial charge in [0.25, 0.3) is 11.7 Å². The molecule has 1 aliphatic heterocycles. The van der Waals surface area contributed by atoms with Gasteiger partial charge in [0, 0.05) is 16.4 Å². The molecular formula is C21H29BrN2O7S. The van der Waals surface area contributed by atoms with Crippen LogP contribution in [0.3, 0.4) is 0 Å². The Morgan fingerprint density at radius 2 is 1.84 bits per heavy atom. The number of nitrogens with one attached hydrogen (secondary N) is 1. The highest BCUT2D eigenvalue weighted by atomic mass is 79.9. The van der Waals surface area contributed by atoms with E-state index in [0.717, 1.165) is 11.9 Å². The molecule has 2 amide bonds. The van der Waals surface area contributed by atoms with Crippen molar-refractivity contribution in [2.24, 2.45) is 0 Å². The molecule has 0 aliphatic carbocycles. The van der Waals surface area contributed by atoms with Crippen molar-refractivity contribution >= 4 is 45.8 Å². The first-order valence-electron chi connectivity index (χ1n) is 9.90. The van der Waals surface area contributed by atoms with Gasteiger partial charge in [-0.15, -0.1) is 0 Å². The highest BCUT2D eigenvalue weighted by Gasteiger charge is 2.57. The summed E-state index contributed by atoms with van der Waals surface area (Å²) in [5.74, 6) is -4.62. The third kappa shape index (κ3) is 6.15. The minimum atomic E-state index is -2.59. The predicted molar refractivity (Wildman–Crippen MR) is 123 cm³/mol. The van der Waals surface area contributed by atoms with Crippen LogP contribution < -0.4 is 5.32 Å². The number of benzene rings is 1. The molecule has 0 spiro atoms. The fourth-order valence-corrected chi connectivity index (χ4v) is 5.15. The van der Waals surface area contributed by atoms with Crippen LogP contribution in [-0.4, -0.2) is 60.6 Å². The second kappa shape index (κ2) is 9.20. The molecule has 0 bridgehead atoms. The molecule has 4 N–H and O–H groups in total. The predicted octanol–water partition coefficient (Wildman–Crippen LogP) is 2.98. The largest absolute Gasteiger partial charge is 0.480 e. The van der Waals surface area contributed by atoms with Crippen LogP contribution in [0.2, 0.25) is 0 Å². The van der Waals surface area contributed by atoms with Crippen molar-refractivity contribution < 1.29 is 34.4 Å². The van der Waals surface area contributed by atoms with Gasteiger partial charge >= 0.3 is 12.1 Å². The van der Waals surface area contributed by atoms with E-state index in [1.165, 1.54) is 4.31 Å². The fourth-order valence-electron chi connectivity index (χ4n) is 3.02. The van der Waals surface area contributed by atoms with Crippen LogP contribution in [0.15, 0.2) is 22.7 Å². The molecule has 2 atom stereocenters. The number of halogens is 1. The number of aliphatic hydroxyl groups is 2. The molecule has 1 aromatic carbocycles. The molecule has 11 heteroatoms. The lowest BCUT2D eigenvalue weighted by Gasteiger charge is -2.30. The van der Waals surface area contributed by atoms with Crippen molar-refractivity contribution in [1.29, 1.82) is 0 Å². The van der Waals surface area contributed by atoms with E-state index < -0.39 is 46.2 Å². The summed E-state index contributed by atoms with van der Waals surface area (Å²) in [6.07, 6.45) is -0.865. The van der Waals surface area contributed by atoms with Gasteiger partial charge < -0.3 is 25.4 Å². The van der Waals surface area contributed by atoms with Gasteiger partial charge in [0.05, 0.1) is 0 Å². The molecule has 1 fully saturated rings. The molecule has 1 aliphatic rings. The number of rotatable bonds is 5. The Kier molecular flexibility index (Phi) is 7.60. The molecule has 0 saturated carbocycles. The Balaban J connectivity index is 2.23. The number of carbonyl (C=O) groups excluding carboxylic acids is 2. The minimum absolute atomic E-state index is 0.0261. The Bertz CT molecular complexity index is 908. The van der Waals surface area contributed by atoms with Crippen molar-refractivity contribution in [2.75, 3.05) is 0 Å². The molecule has 9 nitrogen and oxygen atoms in total. The first-order chi connectivity index (χ1) is 14.4. The Hall–Kier alpha value is -1.82. The van der Waals surface area contributed by atoms with Gasteiger partial charge in [-0.2, -0.15) is 0 Å². The number of aliphatic carboxylic acids is 1. The zero-order valence-electron chi connectivity index (χ0n) is 18.8. The summed E-state index contributed by atoms with van der Waals surface area (Å²) in [7, 11) is 0. The van der Waals surface area contributed by atoms with Crippen molar-refractivity contribution in [3.63, 3.8) is 0 Å². The van der Waals surface area contributed by atoms with E-state index in [1.807, 2.05) is 0 Å². The zero-order chi connectivity index (χ0) is 24.6. The third-order valence-electron chi connectivity index (χ3n) is 4.46. The molecule has 32 heavy (non-hydrogen) atoms. The number of carboxylic acids is 1. The van der Waals surface area contributed by atoms with Gasteiger partial charge in [0.15, 0.2) is 0 Å². The van der Waals surface area contributed by atoms with Crippen LogP contribution in [0.1, 0.15) is 57.9 Å².